The fourth-order valence-corrected chi connectivity index (χ4v) is 2.49. The average Bonchev–Trinajstić information content (AvgIpc) is 2.32. The fourth-order valence-electron chi connectivity index (χ4n) is 2.49. The van der Waals surface area contributed by atoms with Gasteiger partial charge in [-0.2, -0.15) is 0 Å². The molecular weight excluding hydrogens is 252 g/mol. The number of aliphatic hydroxyl groups is 1. The van der Waals surface area contributed by atoms with Crippen molar-refractivity contribution >= 4 is 5.97 Å². The molecule has 1 aliphatic rings. The zero-order valence-corrected chi connectivity index (χ0v) is 13.3. The van der Waals surface area contributed by atoms with E-state index in [-0.39, 0.29) is 5.97 Å². The molecule has 20 heavy (non-hydrogen) atoms. The minimum absolute atomic E-state index is 0.354. The van der Waals surface area contributed by atoms with Crippen molar-refractivity contribution < 1.29 is 14.6 Å². The molecule has 1 rings (SSSR count). The molecule has 0 heterocycles. The van der Waals surface area contributed by atoms with Crippen LogP contribution in [0.3, 0.4) is 0 Å². The van der Waals surface area contributed by atoms with Gasteiger partial charge in [0.05, 0.1) is 0 Å². The van der Waals surface area contributed by atoms with E-state index >= 15 is 0 Å². The molecule has 3 heteroatoms. The van der Waals surface area contributed by atoms with Gasteiger partial charge in [-0.3, -0.25) is 4.79 Å². The Morgan fingerprint density at radius 1 is 1.50 bits per heavy atom. The smallest absolute Gasteiger partial charge is 0.303 e. The minimum Gasteiger partial charge on any atom is -0.459 e. The molecular formula is C17H28O3. The lowest BCUT2D eigenvalue weighted by Crippen LogP contribution is -2.40. The number of ether oxygens (including phenoxy) is 1. The number of esters is 1. The fraction of sp³-hybridized carbons (Fsp3) is 0.706. The molecule has 0 radical (unpaired) electrons. The topological polar surface area (TPSA) is 46.5 Å². The van der Waals surface area contributed by atoms with Gasteiger partial charge in [-0.15, -0.1) is 0 Å². The third-order valence-corrected chi connectivity index (χ3v) is 4.05. The highest BCUT2D eigenvalue weighted by molar-refractivity contribution is 5.66. The first-order valence-corrected chi connectivity index (χ1v) is 7.47. The molecule has 0 aromatic carbocycles. The van der Waals surface area contributed by atoms with Gasteiger partial charge in [-0.05, 0) is 38.5 Å². The van der Waals surface area contributed by atoms with Crippen LogP contribution in [-0.4, -0.2) is 22.8 Å². The second-order valence-corrected chi connectivity index (χ2v) is 6.42. The van der Waals surface area contributed by atoms with Gasteiger partial charge in [0.25, 0.3) is 0 Å². The molecule has 0 saturated carbocycles. The molecule has 1 aliphatic carbocycles. The Morgan fingerprint density at radius 2 is 2.15 bits per heavy atom. The maximum Gasteiger partial charge on any atom is 0.303 e. The van der Waals surface area contributed by atoms with E-state index in [0.29, 0.717) is 18.3 Å². The van der Waals surface area contributed by atoms with Crippen molar-refractivity contribution in [1.82, 2.24) is 0 Å². The highest BCUT2D eigenvalue weighted by atomic mass is 16.6. The Balaban J connectivity index is 3.02. The van der Waals surface area contributed by atoms with Gasteiger partial charge in [0.15, 0.2) is 0 Å². The zero-order valence-electron chi connectivity index (χ0n) is 13.3. The van der Waals surface area contributed by atoms with Crippen molar-refractivity contribution in [2.75, 3.05) is 0 Å². The van der Waals surface area contributed by atoms with Crippen molar-refractivity contribution in [2.24, 2.45) is 11.8 Å². The molecule has 3 atom stereocenters. The maximum absolute atomic E-state index is 11.2. The number of allylic oxidation sites excluding steroid dienone is 2. The lowest BCUT2D eigenvalue weighted by atomic mass is 9.85. The third kappa shape index (κ3) is 5.12. The van der Waals surface area contributed by atoms with Gasteiger partial charge in [-0.25, -0.2) is 0 Å². The Kier molecular flexibility index (Phi) is 6.00. The summed E-state index contributed by atoms with van der Waals surface area (Å²) in [5.74, 6) is 0.606. The van der Waals surface area contributed by atoms with Gasteiger partial charge in [0.1, 0.15) is 11.7 Å². The van der Waals surface area contributed by atoms with Crippen molar-refractivity contribution in [2.45, 2.75) is 65.6 Å². The Morgan fingerprint density at radius 3 is 2.70 bits per heavy atom. The molecule has 114 valence electrons. The third-order valence-electron chi connectivity index (χ3n) is 4.05. The number of carbonyl (C=O) groups is 1. The molecule has 0 amide bonds. The Bertz CT molecular complexity index is 391. The first kappa shape index (κ1) is 17.0. The lowest BCUT2D eigenvalue weighted by molar-refractivity contribution is -0.156. The van der Waals surface area contributed by atoms with Crippen LogP contribution in [0.4, 0.5) is 0 Å². The SMILES string of the molecule is CC(=O)OC1C/C=C(\C)CC[C@@H](C(C)C)/C=C/[C@]1(C)O. The second kappa shape index (κ2) is 7.07. The van der Waals surface area contributed by atoms with Crippen molar-refractivity contribution in [1.29, 1.82) is 0 Å². The average molecular weight is 280 g/mol. The molecule has 1 unspecified atom stereocenters. The summed E-state index contributed by atoms with van der Waals surface area (Å²) in [6.07, 6.45) is 8.12. The van der Waals surface area contributed by atoms with Crippen molar-refractivity contribution in [3.05, 3.63) is 23.8 Å². The van der Waals surface area contributed by atoms with E-state index in [1.165, 1.54) is 12.5 Å². The molecule has 0 aromatic rings. The van der Waals surface area contributed by atoms with Crippen LogP contribution in [0.1, 0.15) is 53.9 Å². The van der Waals surface area contributed by atoms with E-state index in [9.17, 15) is 9.90 Å². The van der Waals surface area contributed by atoms with Crippen LogP contribution < -0.4 is 0 Å². The highest BCUT2D eigenvalue weighted by Crippen LogP contribution is 2.27. The number of rotatable bonds is 2. The van der Waals surface area contributed by atoms with Crippen LogP contribution in [0.25, 0.3) is 0 Å². The summed E-state index contributed by atoms with van der Waals surface area (Å²) < 4.78 is 5.30. The second-order valence-electron chi connectivity index (χ2n) is 6.42. The summed E-state index contributed by atoms with van der Waals surface area (Å²) >= 11 is 0. The minimum atomic E-state index is -1.13. The van der Waals surface area contributed by atoms with Crippen LogP contribution in [0.15, 0.2) is 23.8 Å². The van der Waals surface area contributed by atoms with Gasteiger partial charge in [0, 0.05) is 13.3 Å². The van der Waals surface area contributed by atoms with Crippen molar-refractivity contribution in [3.8, 4) is 0 Å². The van der Waals surface area contributed by atoms with E-state index in [4.69, 9.17) is 4.74 Å². The molecule has 0 saturated heterocycles. The normalized spacial score (nSPS) is 36.0. The van der Waals surface area contributed by atoms with Gasteiger partial charge >= 0.3 is 5.97 Å². The molecule has 0 spiro atoms. The van der Waals surface area contributed by atoms with Gasteiger partial charge in [-0.1, -0.05) is 37.6 Å². The van der Waals surface area contributed by atoms with Crippen molar-refractivity contribution in [3.63, 3.8) is 0 Å². The molecule has 0 fully saturated rings. The van der Waals surface area contributed by atoms with E-state index in [2.05, 4.69) is 32.9 Å². The van der Waals surface area contributed by atoms with Crippen LogP contribution in [0.5, 0.6) is 0 Å². The van der Waals surface area contributed by atoms with E-state index < -0.39 is 11.7 Å². The highest BCUT2D eigenvalue weighted by Gasteiger charge is 2.32. The van der Waals surface area contributed by atoms with Crippen LogP contribution in [-0.2, 0) is 9.53 Å². The summed E-state index contributed by atoms with van der Waals surface area (Å²) in [4.78, 5) is 11.2. The van der Waals surface area contributed by atoms with E-state index in [0.717, 1.165) is 12.8 Å². The van der Waals surface area contributed by atoms with Crippen LogP contribution >= 0.6 is 0 Å². The number of hydrogen-bond acceptors (Lipinski definition) is 3. The van der Waals surface area contributed by atoms with Gasteiger partial charge in [0.2, 0.25) is 0 Å². The zero-order chi connectivity index (χ0) is 15.3. The Hall–Kier alpha value is -1.09. The summed E-state index contributed by atoms with van der Waals surface area (Å²) in [6, 6.07) is 0. The van der Waals surface area contributed by atoms with Gasteiger partial charge < -0.3 is 9.84 Å². The number of carbonyl (C=O) groups excluding carboxylic acids is 1. The lowest BCUT2D eigenvalue weighted by Gasteiger charge is -2.31. The standard InChI is InChI=1S/C17H28O3/c1-12(2)15-8-6-13(3)7-9-16(20-14(4)18)17(5,19)11-10-15/h7,10-12,15-16,19H,6,8-9H2,1-5H3/b11-10+,13-7+/t15-,16?,17+/m1/s1. The summed E-state index contributed by atoms with van der Waals surface area (Å²) in [6.45, 7) is 9.57. The molecule has 1 N–H and O–H groups in total. The van der Waals surface area contributed by atoms with E-state index in [1.54, 1.807) is 13.0 Å². The largest absolute Gasteiger partial charge is 0.459 e. The van der Waals surface area contributed by atoms with E-state index in [1.807, 2.05) is 0 Å². The predicted octanol–water partition coefficient (Wildman–Crippen LogP) is 3.63. The Labute approximate surface area is 122 Å². The first-order valence-electron chi connectivity index (χ1n) is 7.47. The summed E-state index contributed by atoms with van der Waals surface area (Å²) in [5, 5.41) is 10.6. The molecule has 3 nitrogen and oxygen atoms in total. The molecule has 0 aromatic heterocycles. The quantitative estimate of drug-likeness (QED) is 0.620. The van der Waals surface area contributed by atoms with Crippen LogP contribution in [0.2, 0.25) is 0 Å². The monoisotopic (exact) mass is 280 g/mol. The summed E-state index contributed by atoms with van der Waals surface area (Å²) in [7, 11) is 0. The molecule has 0 bridgehead atoms. The first-order chi connectivity index (χ1) is 9.22. The maximum atomic E-state index is 11.2. The van der Waals surface area contributed by atoms with Crippen LogP contribution in [0, 0.1) is 11.8 Å². The number of hydrogen-bond donors (Lipinski definition) is 1. The summed E-state index contributed by atoms with van der Waals surface area (Å²) in [5.41, 5.74) is 0.159. The predicted molar refractivity (Wildman–Crippen MR) is 81.3 cm³/mol. The molecule has 0 aliphatic heterocycles.